The summed E-state index contributed by atoms with van der Waals surface area (Å²) in [6.45, 7) is 4.85. The SMILES string of the molecule is CCn1c2ccccc2c2nnc(SCC(=O)N[C@@H](C)c3ccccc3)nc21. The first-order valence-electron chi connectivity index (χ1n) is 9.26. The molecular formula is C21H21N5OS. The number of thioether (sulfide) groups is 1. The lowest BCUT2D eigenvalue weighted by Crippen LogP contribution is -2.28. The minimum atomic E-state index is -0.0546. The second-order valence-corrected chi connectivity index (χ2v) is 7.46. The van der Waals surface area contributed by atoms with Crippen LogP contribution in [0.4, 0.5) is 0 Å². The third-order valence-corrected chi connectivity index (χ3v) is 5.52. The highest BCUT2D eigenvalue weighted by atomic mass is 32.2. The van der Waals surface area contributed by atoms with Crippen molar-refractivity contribution in [1.82, 2.24) is 25.1 Å². The minimum absolute atomic E-state index is 0.0431. The number of fused-ring (bicyclic) bond motifs is 3. The van der Waals surface area contributed by atoms with Gasteiger partial charge in [0.15, 0.2) is 5.65 Å². The average Bonchev–Trinajstić information content (AvgIpc) is 3.05. The maximum absolute atomic E-state index is 12.3. The monoisotopic (exact) mass is 391 g/mol. The molecule has 6 nitrogen and oxygen atoms in total. The highest BCUT2D eigenvalue weighted by Crippen LogP contribution is 2.27. The molecule has 0 radical (unpaired) electrons. The van der Waals surface area contributed by atoms with Gasteiger partial charge in [-0.15, -0.1) is 10.2 Å². The van der Waals surface area contributed by atoms with E-state index in [2.05, 4.69) is 38.1 Å². The highest BCUT2D eigenvalue weighted by molar-refractivity contribution is 7.99. The minimum Gasteiger partial charge on any atom is -0.349 e. The summed E-state index contributed by atoms with van der Waals surface area (Å²) in [5.41, 5.74) is 3.77. The topological polar surface area (TPSA) is 72.7 Å². The molecule has 28 heavy (non-hydrogen) atoms. The van der Waals surface area contributed by atoms with Gasteiger partial charge in [0.1, 0.15) is 5.52 Å². The maximum Gasteiger partial charge on any atom is 0.230 e. The van der Waals surface area contributed by atoms with Crippen molar-refractivity contribution >= 4 is 39.7 Å². The molecule has 4 aromatic rings. The van der Waals surface area contributed by atoms with Gasteiger partial charge in [0.2, 0.25) is 11.1 Å². The van der Waals surface area contributed by atoms with Crippen molar-refractivity contribution in [3.63, 3.8) is 0 Å². The number of rotatable bonds is 6. The van der Waals surface area contributed by atoms with Gasteiger partial charge in [0.25, 0.3) is 0 Å². The number of hydrogen-bond acceptors (Lipinski definition) is 5. The zero-order chi connectivity index (χ0) is 19.5. The molecule has 1 amide bonds. The number of para-hydroxylation sites is 1. The van der Waals surface area contributed by atoms with E-state index in [0.717, 1.165) is 34.2 Å². The van der Waals surface area contributed by atoms with Gasteiger partial charge in [-0.25, -0.2) is 4.98 Å². The van der Waals surface area contributed by atoms with E-state index in [4.69, 9.17) is 0 Å². The Kier molecular flexibility index (Phi) is 5.25. The fourth-order valence-electron chi connectivity index (χ4n) is 3.31. The largest absolute Gasteiger partial charge is 0.349 e. The molecule has 4 rings (SSSR count). The average molecular weight is 392 g/mol. The molecular weight excluding hydrogens is 370 g/mol. The standard InChI is InChI=1S/C21H21N5OS/c1-3-26-17-12-8-7-11-16(17)19-20(26)23-21(25-24-19)28-13-18(27)22-14(2)15-9-5-4-6-10-15/h4-12,14H,3,13H2,1-2H3,(H,22,27)/t14-/m0/s1. The van der Waals surface area contributed by atoms with Gasteiger partial charge in [0.05, 0.1) is 17.3 Å². The molecule has 0 saturated carbocycles. The Morgan fingerprint density at radius 3 is 2.64 bits per heavy atom. The van der Waals surface area contributed by atoms with Crippen LogP contribution in [0.15, 0.2) is 59.8 Å². The van der Waals surface area contributed by atoms with Crippen LogP contribution < -0.4 is 5.32 Å². The number of carbonyl (C=O) groups is 1. The van der Waals surface area contributed by atoms with Crippen molar-refractivity contribution in [2.24, 2.45) is 0 Å². The number of nitrogens with one attached hydrogen (secondary N) is 1. The lowest BCUT2D eigenvalue weighted by molar-refractivity contribution is -0.119. The van der Waals surface area contributed by atoms with Gasteiger partial charge in [-0.2, -0.15) is 0 Å². The molecule has 1 N–H and O–H groups in total. The summed E-state index contributed by atoms with van der Waals surface area (Å²) < 4.78 is 2.13. The number of aromatic nitrogens is 4. The van der Waals surface area contributed by atoms with Crippen LogP contribution in [0.2, 0.25) is 0 Å². The molecule has 0 bridgehead atoms. The lowest BCUT2D eigenvalue weighted by atomic mass is 10.1. The van der Waals surface area contributed by atoms with Crippen molar-refractivity contribution in [3.8, 4) is 0 Å². The molecule has 0 aliphatic rings. The molecule has 0 saturated heterocycles. The van der Waals surface area contributed by atoms with Gasteiger partial charge in [-0.05, 0) is 25.5 Å². The zero-order valence-corrected chi connectivity index (χ0v) is 16.6. The lowest BCUT2D eigenvalue weighted by Gasteiger charge is -2.13. The summed E-state index contributed by atoms with van der Waals surface area (Å²) in [4.78, 5) is 17.0. The van der Waals surface area contributed by atoms with Crippen molar-refractivity contribution in [1.29, 1.82) is 0 Å². The Balaban J connectivity index is 1.49. The van der Waals surface area contributed by atoms with Crippen LogP contribution in [0.25, 0.3) is 22.1 Å². The van der Waals surface area contributed by atoms with E-state index in [1.807, 2.05) is 55.5 Å². The van der Waals surface area contributed by atoms with E-state index in [1.54, 1.807) is 0 Å². The Labute approximate surface area is 167 Å². The summed E-state index contributed by atoms with van der Waals surface area (Å²) in [5.74, 6) is 0.192. The Morgan fingerprint density at radius 1 is 1.11 bits per heavy atom. The number of hydrogen-bond donors (Lipinski definition) is 1. The zero-order valence-electron chi connectivity index (χ0n) is 15.8. The molecule has 0 fully saturated rings. The van der Waals surface area contributed by atoms with Gasteiger partial charge in [-0.1, -0.05) is 60.3 Å². The Bertz CT molecular complexity index is 1130. The van der Waals surface area contributed by atoms with Crippen LogP contribution in [-0.4, -0.2) is 31.4 Å². The van der Waals surface area contributed by atoms with Crippen molar-refractivity contribution < 1.29 is 4.79 Å². The van der Waals surface area contributed by atoms with Gasteiger partial charge in [0, 0.05) is 11.9 Å². The number of aryl methyl sites for hydroxylation is 1. The van der Waals surface area contributed by atoms with Gasteiger partial charge >= 0.3 is 0 Å². The van der Waals surface area contributed by atoms with E-state index >= 15 is 0 Å². The van der Waals surface area contributed by atoms with E-state index in [0.29, 0.717) is 5.16 Å². The number of benzene rings is 2. The number of amides is 1. The molecule has 1 atom stereocenters. The molecule has 0 spiro atoms. The van der Waals surface area contributed by atoms with Crippen LogP contribution in [0.5, 0.6) is 0 Å². The van der Waals surface area contributed by atoms with E-state index in [9.17, 15) is 4.79 Å². The Hall–Kier alpha value is -2.93. The molecule has 2 aromatic carbocycles. The second kappa shape index (κ2) is 7.98. The van der Waals surface area contributed by atoms with Crippen LogP contribution in [0, 0.1) is 0 Å². The van der Waals surface area contributed by atoms with Crippen molar-refractivity contribution in [2.75, 3.05) is 5.75 Å². The first-order valence-corrected chi connectivity index (χ1v) is 10.2. The van der Waals surface area contributed by atoms with Crippen LogP contribution in [-0.2, 0) is 11.3 Å². The van der Waals surface area contributed by atoms with E-state index in [1.165, 1.54) is 11.8 Å². The fourth-order valence-corrected chi connectivity index (χ4v) is 3.90. The quantitative estimate of drug-likeness (QED) is 0.504. The smallest absolute Gasteiger partial charge is 0.230 e. The maximum atomic E-state index is 12.3. The van der Waals surface area contributed by atoms with Gasteiger partial charge in [-0.3, -0.25) is 4.79 Å². The third-order valence-electron chi connectivity index (χ3n) is 4.68. The fraction of sp³-hybridized carbons (Fsp3) is 0.238. The van der Waals surface area contributed by atoms with Crippen LogP contribution >= 0.6 is 11.8 Å². The third kappa shape index (κ3) is 3.57. The molecule has 0 aliphatic heterocycles. The van der Waals surface area contributed by atoms with Crippen molar-refractivity contribution in [2.45, 2.75) is 31.6 Å². The second-order valence-electron chi connectivity index (χ2n) is 6.52. The van der Waals surface area contributed by atoms with E-state index in [-0.39, 0.29) is 17.7 Å². The molecule has 2 aromatic heterocycles. The Morgan fingerprint density at radius 2 is 1.86 bits per heavy atom. The molecule has 0 aliphatic carbocycles. The highest BCUT2D eigenvalue weighted by Gasteiger charge is 2.15. The van der Waals surface area contributed by atoms with E-state index < -0.39 is 0 Å². The predicted molar refractivity (Wildman–Crippen MR) is 112 cm³/mol. The summed E-state index contributed by atoms with van der Waals surface area (Å²) >= 11 is 1.30. The molecule has 142 valence electrons. The molecule has 0 unspecified atom stereocenters. The van der Waals surface area contributed by atoms with Crippen LogP contribution in [0.1, 0.15) is 25.5 Å². The number of carbonyl (C=O) groups excluding carboxylic acids is 1. The normalized spacial score (nSPS) is 12.4. The number of nitrogens with zero attached hydrogens (tertiary/aromatic N) is 4. The molecule has 7 heteroatoms. The summed E-state index contributed by atoms with van der Waals surface area (Å²) in [5, 5.41) is 13.2. The first kappa shape index (κ1) is 18.4. The summed E-state index contributed by atoms with van der Waals surface area (Å²) in [6.07, 6.45) is 0. The molecule has 2 heterocycles. The first-order chi connectivity index (χ1) is 13.7. The van der Waals surface area contributed by atoms with Crippen LogP contribution in [0.3, 0.4) is 0 Å². The van der Waals surface area contributed by atoms with Crippen molar-refractivity contribution in [3.05, 3.63) is 60.2 Å². The summed E-state index contributed by atoms with van der Waals surface area (Å²) in [7, 11) is 0. The summed E-state index contributed by atoms with van der Waals surface area (Å²) in [6, 6.07) is 18.0. The predicted octanol–water partition coefficient (Wildman–Crippen LogP) is 3.97. The van der Waals surface area contributed by atoms with Gasteiger partial charge < -0.3 is 9.88 Å².